The van der Waals surface area contributed by atoms with Gasteiger partial charge in [-0.15, -0.1) is 0 Å². The van der Waals surface area contributed by atoms with E-state index in [1.807, 2.05) is 30.3 Å². The Morgan fingerprint density at radius 1 is 1.11 bits per heavy atom. The lowest BCUT2D eigenvalue weighted by molar-refractivity contribution is -0.133. The molecule has 0 aliphatic carbocycles. The van der Waals surface area contributed by atoms with Crippen LogP contribution in [-0.4, -0.2) is 38.3 Å². The van der Waals surface area contributed by atoms with Crippen LogP contribution < -0.4 is 14.8 Å². The Hall–Kier alpha value is -2.37. The number of aliphatic hydroxyl groups is 1. The van der Waals surface area contributed by atoms with Gasteiger partial charge >= 0.3 is 0 Å². The molecule has 2 aromatic rings. The lowest BCUT2D eigenvalue weighted by Gasteiger charge is -2.47. The van der Waals surface area contributed by atoms with Crippen molar-refractivity contribution in [1.82, 2.24) is 0 Å². The van der Waals surface area contributed by atoms with E-state index in [9.17, 15) is 9.90 Å². The maximum Gasteiger partial charge on any atom is 0.235 e. The first-order valence-electron chi connectivity index (χ1n) is 9.25. The van der Waals surface area contributed by atoms with E-state index in [1.54, 1.807) is 18.9 Å². The minimum atomic E-state index is -1.78. The number of amides is 1. The fourth-order valence-electron chi connectivity index (χ4n) is 3.57. The van der Waals surface area contributed by atoms with Gasteiger partial charge in [-0.25, -0.2) is 0 Å². The third-order valence-corrected chi connectivity index (χ3v) is 8.13. The van der Waals surface area contributed by atoms with E-state index in [4.69, 9.17) is 4.74 Å². The molecular formula is C22H27NO3Si. The minimum Gasteiger partial charge on any atom is -0.497 e. The second kappa shape index (κ2) is 7.70. The number of benzene rings is 2. The number of hydrogen-bond donors (Lipinski definition) is 1. The molecule has 0 bridgehead atoms. The summed E-state index contributed by atoms with van der Waals surface area (Å²) in [6.45, 7) is 6.26. The SMILES string of the molecule is COc1ccc(N2C(=O)[C@H]([C@@H](C)O)[C@@H]2/C=C/[Si](C)(C)c2ccccc2)cc1. The Kier molecular flexibility index (Phi) is 5.53. The molecule has 0 radical (unpaired) electrons. The van der Waals surface area contributed by atoms with Gasteiger partial charge in [0.2, 0.25) is 5.91 Å². The summed E-state index contributed by atoms with van der Waals surface area (Å²) in [5.74, 6) is 0.316. The van der Waals surface area contributed by atoms with E-state index in [0.717, 1.165) is 11.4 Å². The molecule has 2 aromatic carbocycles. The summed E-state index contributed by atoms with van der Waals surface area (Å²) in [5, 5.41) is 11.5. The van der Waals surface area contributed by atoms with Gasteiger partial charge in [0, 0.05) is 5.69 Å². The zero-order valence-corrected chi connectivity index (χ0v) is 17.3. The average Bonchev–Trinajstić information content (AvgIpc) is 2.66. The molecule has 4 nitrogen and oxygen atoms in total. The molecule has 0 saturated carbocycles. The summed E-state index contributed by atoms with van der Waals surface area (Å²) in [7, 11) is -0.156. The van der Waals surface area contributed by atoms with E-state index >= 15 is 0 Å². The second-order valence-electron chi connectivity index (χ2n) is 7.61. The van der Waals surface area contributed by atoms with Crippen molar-refractivity contribution in [2.45, 2.75) is 32.2 Å². The monoisotopic (exact) mass is 381 g/mol. The summed E-state index contributed by atoms with van der Waals surface area (Å²) >= 11 is 0. The van der Waals surface area contributed by atoms with Crippen molar-refractivity contribution in [3.05, 3.63) is 66.4 Å². The molecule has 5 heteroatoms. The number of nitrogens with zero attached hydrogens (tertiary/aromatic N) is 1. The lowest BCUT2D eigenvalue weighted by Crippen LogP contribution is -2.64. The lowest BCUT2D eigenvalue weighted by atomic mass is 9.83. The van der Waals surface area contributed by atoms with Gasteiger partial charge in [0.05, 0.1) is 25.2 Å². The minimum absolute atomic E-state index is 0.0380. The molecule has 1 amide bonds. The fourth-order valence-corrected chi connectivity index (χ4v) is 5.50. The van der Waals surface area contributed by atoms with Crippen LogP contribution in [0.25, 0.3) is 0 Å². The van der Waals surface area contributed by atoms with Gasteiger partial charge < -0.3 is 14.7 Å². The zero-order valence-electron chi connectivity index (χ0n) is 16.3. The number of aliphatic hydroxyl groups excluding tert-OH is 1. The number of methoxy groups -OCH3 is 1. The quantitative estimate of drug-likeness (QED) is 0.618. The summed E-state index contributed by atoms with van der Waals surface area (Å²) in [5.41, 5.74) is 3.09. The summed E-state index contributed by atoms with van der Waals surface area (Å²) < 4.78 is 5.20. The Morgan fingerprint density at radius 3 is 2.30 bits per heavy atom. The number of carbonyl (C=O) groups is 1. The molecule has 0 aromatic heterocycles. The second-order valence-corrected chi connectivity index (χ2v) is 12.0. The fraction of sp³-hybridized carbons (Fsp3) is 0.318. The van der Waals surface area contributed by atoms with Crippen molar-refractivity contribution < 1.29 is 14.6 Å². The number of anilines is 1. The highest BCUT2D eigenvalue weighted by atomic mass is 28.3. The van der Waals surface area contributed by atoms with Crippen LogP contribution in [0.4, 0.5) is 5.69 Å². The van der Waals surface area contributed by atoms with Gasteiger partial charge in [0.15, 0.2) is 0 Å². The molecule has 0 unspecified atom stereocenters. The highest BCUT2D eigenvalue weighted by Crippen LogP contribution is 2.36. The van der Waals surface area contributed by atoms with Crippen molar-refractivity contribution in [1.29, 1.82) is 0 Å². The predicted octanol–water partition coefficient (Wildman–Crippen LogP) is 3.12. The van der Waals surface area contributed by atoms with Crippen molar-refractivity contribution >= 4 is 24.9 Å². The number of ether oxygens (including phenoxy) is 1. The molecule has 1 N–H and O–H groups in total. The maximum absolute atomic E-state index is 12.7. The summed E-state index contributed by atoms with van der Waals surface area (Å²) in [4.78, 5) is 14.4. The number of hydrogen-bond acceptors (Lipinski definition) is 3. The zero-order chi connectivity index (χ0) is 19.6. The van der Waals surface area contributed by atoms with Crippen molar-refractivity contribution in [2.24, 2.45) is 5.92 Å². The van der Waals surface area contributed by atoms with Crippen molar-refractivity contribution in [3.63, 3.8) is 0 Å². The molecular weight excluding hydrogens is 354 g/mol. The highest BCUT2D eigenvalue weighted by Gasteiger charge is 2.49. The maximum atomic E-state index is 12.7. The van der Waals surface area contributed by atoms with Gasteiger partial charge in [-0.3, -0.25) is 4.79 Å². The van der Waals surface area contributed by atoms with Crippen LogP contribution in [0.2, 0.25) is 13.1 Å². The van der Waals surface area contributed by atoms with Crippen LogP contribution in [0.3, 0.4) is 0 Å². The number of β-lactam (4-membered cyclic amide) rings is 1. The van der Waals surface area contributed by atoms with Crippen LogP contribution in [0.1, 0.15) is 6.92 Å². The molecule has 27 heavy (non-hydrogen) atoms. The molecule has 3 rings (SSSR count). The van der Waals surface area contributed by atoms with E-state index < -0.39 is 20.1 Å². The first-order valence-corrected chi connectivity index (χ1v) is 12.3. The van der Waals surface area contributed by atoms with E-state index in [0.29, 0.717) is 0 Å². The van der Waals surface area contributed by atoms with Crippen LogP contribution in [0.5, 0.6) is 5.75 Å². The average molecular weight is 382 g/mol. The van der Waals surface area contributed by atoms with E-state index in [-0.39, 0.29) is 11.9 Å². The molecule has 1 heterocycles. The molecule has 0 spiro atoms. The normalized spacial score (nSPS) is 21.2. The van der Waals surface area contributed by atoms with Gasteiger partial charge in [0.1, 0.15) is 13.8 Å². The molecule has 1 aliphatic rings. The summed E-state index contributed by atoms with van der Waals surface area (Å²) in [6.07, 6.45) is 1.44. The molecule has 1 fully saturated rings. The Labute approximate surface area is 162 Å². The number of rotatable bonds is 6. The molecule has 3 atom stereocenters. The topological polar surface area (TPSA) is 49.8 Å². The number of carbonyl (C=O) groups excluding carboxylic acids is 1. The highest BCUT2D eigenvalue weighted by molar-refractivity contribution is 6.93. The van der Waals surface area contributed by atoms with Crippen LogP contribution in [0.15, 0.2) is 66.4 Å². The van der Waals surface area contributed by atoms with Crippen LogP contribution in [0, 0.1) is 5.92 Å². The molecule has 1 aliphatic heterocycles. The van der Waals surface area contributed by atoms with Crippen molar-refractivity contribution in [2.75, 3.05) is 12.0 Å². The smallest absolute Gasteiger partial charge is 0.235 e. The Balaban J connectivity index is 1.87. The van der Waals surface area contributed by atoms with E-state index in [1.165, 1.54) is 5.19 Å². The van der Waals surface area contributed by atoms with Crippen LogP contribution >= 0.6 is 0 Å². The van der Waals surface area contributed by atoms with Gasteiger partial charge in [-0.2, -0.15) is 0 Å². The Bertz CT molecular complexity index is 815. The van der Waals surface area contributed by atoms with Gasteiger partial charge in [0.25, 0.3) is 0 Å². The van der Waals surface area contributed by atoms with Crippen LogP contribution in [-0.2, 0) is 4.79 Å². The predicted molar refractivity (Wildman–Crippen MR) is 112 cm³/mol. The molecule has 142 valence electrons. The summed E-state index contributed by atoms with van der Waals surface area (Å²) in [6, 6.07) is 17.8. The third-order valence-electron chi connectivity index (χ3n) is 5.29. The first-order chi connectivity index (χ1) is 12.8. The first kappa shape index (κ1) is 19.4. The van der Waals surface area contributed by atoms with Crippen molar-refractivity contribution in [3.8, 4) is 5.75 Å². The van der Waals surface area contributed by atoms with E-state index in [2.05, 4.69) is 49.1 Å². The Morgan fingerprint density at radius 2 is 1.74 bits per heavy atom. The van der Waals surface area contributed by atoms with Gasteiger partial charge in [-0.1, -0.05) is 60.4 Å². The molecule has 1 saturated heterocycles. The van der Waals surface area contributed by atoms with Gasteiger partial charge in [-0.05, 0) is 31.2 Å². The third kappa shape index (κ3) is 3.84. The largest absolute Gasteiger partial charge is 0.497 e. The standard InChI is InChI=1S/C22H27NO3Si/c1-16(24)21-20(14-15-27(3,4)19-8-6-5-7-9-19)23(22(21)25)17-10-12-18(26-2)13-11-17/h5-16,20-21,24H,1-4H3/b15-14+/t16-,20+,21-/m1/s1.